The lowest BCUT2D eigenvalue weighted by Crippen LogP contribution is -2.74. The predicted octanol–water partition coefficient (Wildman–Crippen LogP) is 0.918. The van der Waals surface area contributed by atoms with Gasteiger partial charge in [0.2, 0.25) is 5.91 Å². The van der Waals surface area contributed by atoms with Crippen LogP contribution in [0.3, 0.4) is 0 Å². The van der Waals surface area contributed by atoms with E-state index in [0.29, 0.717) is 0 Å². The van der Waals surface area contributed by atoms with Crippen LogP contribution in [-0.4, -0.2) is 75.4 Å². The highest BCUT2D eigenvalue weighted by molar-refractivity contribution is 6.32. The fourth-order valence-corrected chi connectivity index (χ4v) is 7.43. The summed E-state index contributed by atoms with van der Waals surface area (Å²) < 4.78 is 43.7. The topological polar surface area (TPSA) is 167 Å². The number of fused-ring (bicyclic) bond motifs is 3. The van der Waals surface area contributed by atoms with Crippen molar-refractivity contribution in [1.29, 1.82) is 0 Å². The monoisotopic (exact) mass is 579 g/mol. The van der Waals surface area contributed by atoms with E-state index in [9.17, 15) is 47.4 Å². The van der Waals surface area contributed by atoms with Gasteiger partial charge in [-0.15, -0.1) is 0 Å². The van der Waals surface area contributed by atoms with Crippen molar-refractivity contribution in [2.24, 2.45) is 29.4 Å². The van der Waals surface area contributed by atoms with Crippen molar-refractivity contribution >= 4 is 29.0 Å². The van der Waals surface area contributed by atoms with Crippen LogP contribution in [-0.2, 0) is 38.3 Å². The van der Waals surface area contributed by atoms with E-state index in [4.69, 9.17) is 5.73 Å². The molecule has 0 bridgehead atoms. The second-order valence-electron chi connectivity index (χ2n) is 12.3. The number of aliphatic hydroxyl groups is 1. The zero-order valence-electron chi connectivity index (χ0n) is 22.8. The average Bonchev–Trinajstić information content (AvgIpc) is 2.82. The first-order valence-corrected chi connectivity index (χ1v) is 13.5. The number of halogens is 3. The van der Waals surface area contributed by atoms with E-state index in [1.807, 2.05) is 6.92 Å². The third-order valence-corrected chi connectivity index (χ3v) is 9.59. The second kappa shape index (κ2) is 9.43. The number of Topliss-reactive ketones (excluding diaryl/α,β-unsaturated/α-hetero) is 4. The third-order valence-electron chi connectivity index (χ3n) is 9.59. The number of aromatic hydroxyl groups is 1. The molecule has 4 aliphatic carbocycles. The molecule has 5 rings (SSSR count). The van der Waals surface area contributed by atoms with Crippen LogP contribution >= 0.6 is 0 Å². The van der Waals surface area contributed by atoms with Crippen LogP contribution in [0.15, 0.2) is 6.07 Å². The fraction of sp³-hybridized carbons (Fsp3) is 0.607. The van der Waals surface area contributed by atoms with E-state index >= 15 is 0 Å². The quantitative estimate of drug-likeness (QED) is 0.371. The molecule has 0 spiro atoms. The van der Waals surface area contributed by atoms with Crippen molar-refractivity contribution in [3.05, 3.63) is 28.3 Å². The maximum Gasteiger partial charge on any atom is 0.417 e. The summed E-state index contributed by atoms with van der Waals surface area (Å²) in [5.74, 6) is -13.3. The SMILES string of the molecule is CN(C)[C@@H]1C(=O)C(C(N)=O)C(=O)[C@@]2(O)C(=O)C3C(=O)c4c(O)cc(CNC5(C)CCC5)c(C(F)(F)F)c4C[C@H]3C[C@@H]12. The number of alkyl halides is 3. The first-order chi connectivity index (χ1) is 18.9. The normalized spacial score (nSPS) is 32.7. The molecule has 0 heterocycles. The van der Waals surface area contributed by atoms with Crippen LogP contribution in [0.2, 0.25) is 0 Å². The zero-order chi connectivity index (χ0) is 30.4. The first-order valence-electron chi connectivity index (χ1n) is 13.5. The van der Waals surface area contributed by atoms with Crippen molar-refractivity contribution in [3.8, 4) is 5.75 Å². The number of phenols is 1. The Labute approximate surface area is 233 Å². The molecule has 6 atom stereocenters. The van der Waals surface area contributed by atoms with Crippen LogP contribution in [0, 0.1) is 23.7 Å². The molecule has 10 nitrogen and oxygen atoms in total. The summed E-state index contributed by atoms with van der Waals surface area (Å²) in [4.78, 5) is 67.3. The van der Waals surface area contributed by atoms with Crippen LogP contribution in [0.5, 0.6) is 5.75 Å². The first kappa shape index (κ1) is 29.3. The molecule has 1 aromatic rings. The number of phenolic OH excluding ortho intramolecular Hbond substituents is 1. The summed E-state index contributed by atoms with van der Waals surface area (Å²) in [6.07, 6.45) is -3.20. The maximum atomic E-state index is 14.6. The summed E-state index contributed by atoms with van der Waals surface area (Å²) in [5.41, 5.74) is -0.464. The molecule has 41 heavy (non-hydrogen) atoms. The van der Waals surface area contributed by atoms with E-state index in [-0.39, 0.29) is 24.1 Å². The number of hydrogen-bond acceptors (Lipinski definition) is 9. The van der Waals surface area contributed by atoms with Gasteiger partial charge < -0.3 is 21.3 Å². The Balaban J connectivity index is 1.63. The van der Waals surface area contributed by atoms with Crippen LogP contribution in [0.4, 0.5) is 13.2 Å². The van der Waals surface area contributed by atoms with Crippen molar-refractivity contribution < 1.29 is 47.4 Å². The van der Waals surface area contributed by atoms with Gasteiger partial charge in [-0.3, -0.25) is 28.9 Å². The number of hydrogen-bond donors (Lipinski definition) is 4. The van der Waals surface area contributed by atoms with Gasteiger partial charge in [0.1, 0.15) is 5.75 Å². The number of ketones is 4. The highest BCUT2D eigenvalue weighted by Gasteiger charge is 2.69. The number of nitrogens with zero attached hydrogens (tertiary/aromatic N) is 1. The lowest BCUT2D eigenvalue weighted by atomic mass is 9.52. The Kier molecular flexibility index (Phi) is 6.75. The Bertz CT molecular complexity index is 1390. The maximum absolute atomic E-state index is 14.6. The number of primary amides is 1. The molecule has 0 saturated heterocycles. The summed E-state index contributed by atoms with van der Waals surface area (Å²) in [6.45, 7) is 1.68. The van der Waals surface area contributed by atoms with Crippen molar-refractivity contribution in [2.75, 3.05) is 14.1 Å². The Morgan fingerprint density at radius 1 is 1.17 bits per heavy atom. The highest BCUT2D eigenvalue weighted by atomic mass is 19.4. The number of amides is 1. The minimum absolute atomic E-state index is 0.212. The summed E-state index contributed by atoms with van der Waals surface area (Å²) in [7, 11) is 2.85. The standard InChI is InChI=1S/C28H32F3N3O7/c1-26(5-4-6-26)33-10-12-9-15(35)17-13(19(12)28(29,30)31)7-11-8-14-20(34(2)3)22(37)18(25(32)40)24(39)27(14,41)23(38)16(11)21(17)36/h9,11,14,16,18,20,33,35,41H,4-8,10H2,1-3H3,(H2,32,40)/t11-,14-,16?,18?,20-,27-/m0/s1. The summed E-state index contributed by atoms with van der Waals surface area (Å²) >= 11 is 0. The lowest BCUT2D eigenvalue weighted by Gasteiger charge is -2.52. The largest absolute Gasteiger partial charge is 0.507 e. The molecule has 5 N–H and O–H groups in total. The van der Waals surface area contributed by atoms with E-state index in [2.05, 4.69) is 5.32 Å². The van der Waals surface area contributed by atoms with E-state index in [0.717, 1.165) is 25.3 Å². The minimum Gasteiger partial charge on any atom is -0.507 e. The van der Waals surface area contributed by atoms with Crippen molar-refractivity contribution in [2.45, 2.75) is 68.9 Å². The van der Waals surface area contributed by atoms with Gasteiger partial charge in [0, 0.05) is 18.0 Å². The molecule has 3 saturated carbocycles. The number of likely N-dealkylation sites (N-methyl/N-ethyl adjacent to an activating group) is 1. The molecule has 2 unspecified atom stereocenters. The zero-order valence-corrected chi connectivity index (χ0v) is 22.8. The number of rotatable bonds is 5. The second-order valence-corrected chi connectivity index (χ2v) is 12.3. The van der Waals surface area contributed by atoms with Gasteiger partial charge >= 0.3 is 6.18 Å². The molecule has 222 valence electrons. The Morgan fingerprint density at radius 2 is 1.80 bits per heavy atom. The van der Waals surface area contributed by atoms with Gasteiger partial charge in [-0.1, -0.05) is 0 Å². The van der Waals surface area contributed by atoms with E-state index in [1.165, 1.54) is 19.0 Å². The summed E-state index contributed by atoms with van der Waals surface area (Å²) in [6, 6.07) is -0.471. The van der Waals surface area contributed by atoms with Gasteiger partial charge in [0.05, 0.1) is 23.1 Å². The molecule has 0 aromatic heterocycles. The van der Waals surface area contributed by atoms with Gasteiger partial charge in [-0.25, -0.2) is 0 Å². The Hall–Kier alpha value is -3.16. The number of benzene rings is 1. The molecule has 1 aromatic carbocycles. The predicted molar refractivity (Wildman–Crippen MR) is 135 cm³/mol. The lowest BCUT2D eigenvalue weighted by molar-refractivity contribution is -0.181. The number of carbonyl (C=O) groups excluding carboxylic acids is 5. The number of nitrogens with two attached hydrogens (primary N) is 1. The van der Waals surface area contributed by atoms with Crippen molar-refractivity contribution in [3.63, 3.8) is 0 Å². The molecule has 4 aliphatic rings. The van der Waals surface area contributed by atoms with Crippen LogP contribution in [0.25, 0.3) is 0 Å². The number of carbonyl (C=O) groups is 5. The minimum atomic E-state index is -4.90. The molecule has 3 fully saturated rings. The van der Waals surface area contributed by atoms with Crippen LogP contribution < -0.4 is 11.1 Å². The van der Waals surface area contributed by atoms with E-state index in [1.54, 1.807) is 0 Å². The number of nitrogens with one attached hydrogen (secondary N) is 1. The highest BCUT2D eigenvalue weighted by Crippen LogP contribution is 2.52. The molecule has 13 heteroatoms. The Morgan fingerprint density at radius 3 is 2.32 bits per heavy atom. The third kappa shape index (κ3) is 4.23. The molecular formula is C28H32F3N3O7. The fourth-order valence-electron chi connectivity index (χ4n) is 7.43. The molecule has 0 radical (unpaired) electrons. The molecule has 1 amide bonds. The van der Waals surface area contributed by atoms with E-state index < -0.39 is 99.4 Å². The molecule has 0 aliphatic heterocycles. The van der Waals surface area contributed by atoms with Gasteiger partial charge in [0.25, 0.3) is 0 Å². The average molecular weight is 580 g/mol. The summed E-state index contributed by atoms with van der Waals surface area (Å²) in [5, 5.41) is 25.5. The smallest absolute Gasteiger partial charge is 0.417 e. The van der Waals surface area contributed by atoms with Gasteiger partial charge in [-0.2, -0.15) is 13.2 Å². The van der Waals surface area contributed by atoms with Crippen LogP contribution in [0.1, 0.15) is 59.7 Å². The van der Waals surface area contributed by atoms with Crippen molar-refractivity contribution in [1.82, 2.24) is 10.2 Å². The van der Waals surface area contributed by atoms with Gasteiger partial charge in [0.15, 0.2) is 34.7 Å². The molecular weight excluding hydrogens is 547 g/mol. The van der Waals surface area contributed by atoms with Gasteiger partial charge in [-0.05, 0) is 76.2 Å².